The van der Waals surface area contributed by atoms with E-state index >= 15 is 0 Å². The highest BCUT2D eigenvalue weighted by Gasteiger charge is 2.13. The van der Waals surface area contributed by atoms with Crippen LogP contribution in [0.25, 0.3) is 0 Å². The van der Waals surface area contributed by atoms with E-state index in [2.05, 4.69) is 5.32 Å². The first-order valence-electron chi connectivity index (χ1n) is 5.83. The van der Waals surface area contributed by atoms with Gasteiger partial charge in [-0.15, -0.1) is 0 Å². The van der Waals surface area contributed by atoms with E-state index in [0.717, 1.165) is 18.4 Å². The number of rotatable bonds is 6. The molecule has 2 atom stereocenters. The maximum Gasteiger partial charge on any atom is 0.123 e. The number of aliphatic hydroxyl groups excluding tert-OH is 1. The lowest BCUT2D eigenvalue weighted by Gasteiger charge is -2.23. The van der Waals surface area contributed by atoms with Gasteiger partial charge in [0, 0.05) is 12.1 Å². The van der Waals surface area contributed by atoms with Gasteiger partial charge in [-0.3, -0.25) is 0 Å². The molecule has 0 aliphatic heterocycles. The predicted molar refractivity (Wildman–Crippen MR) is 63.7 cm³/mol. The smallest absolute Gasteiger partial charge is 0.123 e. The molecular formula is C13H20FNO. The average molecular weight is 225 g/mol. The number of aliphatic hydroxyl groups is 1. The maximum absolute atomic E-state index is 13.1. The summed E-state index contributed by atoms with van der Waals surface area (Å²) in [6.07, 6.45) is 1.74. The van der Waals surface area contributed by atoms with Crippen molar-refractivity contribution in [1.82, 2.24) is 5.32 Å². The summed E-state index contributed by atoms with van der Waals surface area (Å²) in [5, 5.41) is 12.5. The number of halogens is 1. The Balaban J connectivity index is 2.74. The average Bonchev–Trinajstić information content (AvgIpc) is 2.31. The van der Waals surface area contributed by atoms with Crippen LogP contribution in [-0.4, -0.2) is 17.8 Å². The van der Waals surface area contributed by atoms with Crippen LogP contribution in [0.5, 0.6) is 0 Å². The summed E-state index contributed by atoms with van der Waals surface area (Å²) in [6, 6.07) is 6.80. The van der Waals surface area contributed by atoms with E-state index in [9.17, 15) is 4.39 Å². The maximum atomic E-state index is 13.1. The minimum absolute atomic E-state index is 0.0771. The van der Waals surface area contributed by atoms with Gasteiger partial charge in [0.1, 0.15) is 5.82 Å². The minimum atomic E-state index is -0.213. The van der Waals surface area contributed by atoms with Gasteiger partial charge in [0.2, 0.25) is 0 Å². The molecule has 0 heterocycles. The SMILES string of the molecule is CCC(N[C@H](CC)CO)c1cccc(F)c1. The van der Waals surface area contributed by atoms with Gasteiger partial charge in [-0.05, 0) is 30.5 Å². The normalized spacial score (nSPS) is 14.8. The summed E-state index contributed by atoms with van der Waals surface area (Å²) in [4.78, 5) is 0. The van der Waals surface area contributed by atoms with Crippen LogP contribution >= 0.6 is 0 Å². The molecule has 0 bridgehead atoms. The summed E-state index contributed by atoms with van der Waals surface area (Å²) in [5.41, 5.74) is 0.939. The first kappa shape index (κ1) is 13.1. The Bertz CT molecular complexity index is 313. The molecule has 0 spiro atoms. The van der Waals surface area contributed by atoms with Crippen molar-refractivity contribution in [1.29, 1.82) is 0 Å². The number of hydrogen-bond donors (Lipinski definition) is 2. The molecule has 16 heavy (non-hydrogen) atoms. The Morgan fingerprint density at radius 2 is 2.06 bits per heavy atom. The monoisotopic (exact) mass is 225 g/mol. The highest BCUT2D eigenvalue weighted by atomic mass is 19.1. The van der Waals surface area contributed by atoms with Crippen molar-refractivity contribution in [3.05, 3.63) is 35.6 Å². The Morgan fingerprint density at radius 3 is 2.56 bits per heavy atom. The summed E-state index contributed by atoms with van der Waals surface area (Å²) in [5.74, 6) is -0.213. The molecule has 0 aliphatic carbocycles. The van der Waals surface area contributed by atoms with Gasteiger partial charge in [-0.25, -0.2) is 4.39 Å². The van der Waals surface area contributed by atoms with Gasteiger partial charge in [0.15, 0.2) is 0 Å². The third-order valence-corrected chi connectivity index (χ3v) is 2.81. The molecule has 2 nitrogen and oxygen atoms in total. The van der Waals surface area contributed by atoms with Gasteiger partial charge in [-0.2, -0.15) is 0 Å². The van der Waals surface area contributed by atoms with Crippen LogP contribution in [0.2, 0.25) is 0 Å². The van der Waals surface area contributed by atoms with Crippen molar-refractivity contribution in [2.45, 2.75) is 38.8 Å². The van der Waals surface area contributed by atoms with Crippen molar-refractivity contribution in [3.8, 4) is 0 Å². The summed E-state index contributed by atoms with van der Waals surface area (Å²) in [6.45, 7) is 4.18. The molecule has 0 aromatic heterocycles. The molecule has 0 radical (unpaired) electrons. The lowest BCUT2D eigenvalue weighted by molar-refractivity contribution is 0.226. The lowest BCUT2D eigenvalue weighted by atomic mass is 10.0. The Kier molecular flexibility index (Phi) is 5.43. The fourth-order valence-electron chi connectivity index (χ4n) is 1.76. The quantitative estimate of drug-likeness (QED) is 0.780. The van der Waals surface area contributed by atoms with E-state index in [0.29, 0.717) is 0 Å². The van der Waals surface area contributed by atoms with Gasteiger partial charge >= 0.3 is 0 Å². The van der Waals surface area contributed by atoms with E-state index in [1.54, 1.807) is 12.1 Å². The van der Waals surface area contributed by atoms with Gasteiger partial charge in [-0.1, -0.05) is 26.0 Å². The van der Waals surface area contributed by atoms with Crippen LogP contribution < -0.4 is 5.32 Å². The standard InChI is InChI=1S/C13H20FNO/c1-3-12(9-16)15-13(4-2)10-6-5-7-11(14)8-10/h5-8,12-13,15-16H,3-4,9H2,1-2H3/t12-,13?/m1/s1. The zero-order valence-corrected chi connectivity index (χ0v) is 9.91. The lowest BCUT2D eigenvalue weighted by Crippen LogP contribution is -2.34. The first-order chi connectivity index (χ1) is 7.71. The summed E-state index contributed by atoms with van der Waals surface area (Å²) < 4.78 is 13.1. The molecule has 2 N–H and O–H groups in total. The molecular weight excluding hydrogens is 205 g/mol. The second-order valence-electron chi connectivity index (χ2n) is 3.97. The second-order valence-corrected chi connectivity index (χ2v) is 3.97. The Morgan fingerprint density at radius 1 is 1.31 bits per heavy atom. The number of benzene rings is 1. The molecule has 0 saturated heterocycles. The molecule has 3 heteroatoms. The third-order valence-electron chi connectivity index (χ3n) is 2.81. The molecule has 0 saturated carbocycles. The molecule has 1 unspecified atom stereocenters. The zero-order valence-electron chi connectivity index (χ0n) is 9.91. The zero-order chi connectivity index (χ0) is 12.0. The van der Waals surface area contributed by atoms with E-state index in [-0.39, 0.29) is 24.5 Å². The largest absolute Gasteiger partial charge is 0.395 e. The third kappa shape index (κ3) is 3.58. The highest BCUT2D eigenvalue weighted by Crippen LogP contribution is 2.18. The van der Waals surface area contributed by atoms with E-state index in [4.69, 9.17) is 5.11 Å². The molecule has 1 aromatic rings. The summed E-state index contributed by atoms with van der Waals surface area (Å²) in [7, 11) is 0. The van der Waals surface area contributed by atoms with Crippen molar-refractivity contribution in [2.24, 2.45) is 0 Å². The van der Waals surface area contributed by atoms with Crippen molar-refractivity contribution >= 4 is 0 Å². The molecule has 1 rings (SSSR count). The van der Waals surface area contributed by atoms with Gasteiger partial charge in [0.25, 0.3) is 0 Å². The van der Waals surface area contributed by atoms with E-state index in [1.165, 1.54) is 6.07 Å². The Labute approximate surface area is 96.5 Å². The fraction of sp³-hybridized carbons (Fsp3) is 0.538. The highest BCUT2D eigenvalue weighted by molar-refractivity contribution is 5.20. The van der Waals surface area contributed by atoms with Crippen LogP contribution in [-0.2, 0) is 0 Å². The second kappa shape index (κ2) is 6.61. The van der Waals surface area contributed by atoms with Crippen molar-refractivity contribution in [3.63, 3.8) is 0 Å². The van der Waals surface area contributed by atoms with Crippen LogP contribution in [0.3, 0.4) is 0 Å². The van der Waals surface area contributed by atoms with E-state index < -0.39 is 0 Å². The molecule has 0 aliphatic rings. The fourth-order valence-corrected chi connectivity index (χ4v) is 1.76. The molecule has 0 amide bonds. The van der Waals surface area contributed by atoms with Gasteiger partial charge in [0.05, 0.1) is 6.61 Å². The Hall–Kier alpha value is -0.930. The first-order valence-corrected chi connectivity index (χ1v) is 5.83. The van der Waals surface area contributed by atoms with Crippen molar-refractivity contribution in [2.75, 3.05) is 6.61 Å². The minimum Gasteiger partial charge on any atom is -0.395 e. The van der Waals surface area contributed by atoms with Crippen LogP contribution in [0.15, 0.2) is 24.3 Å². The summed E-state index contributed by atoms with van der Waals surface area (Å²) >= 11 is 0. The molecule has 90 valence electrons. The van der Waals surface area contributed by atoms with Gasteiger partial charge < -0.3 is 10.4 Å². The number of hydrogen-bond acceptors (Lipinski definition) is 2. The van der Waals surface area contributed by atoms with Crippen LogP contribution in [0.1, 0.15) is 38.3 Å². The topological polar surface area (TPSA) is 32.3 Å². The van der Waals surface area contributed by atoms with Crippen LogP contribution in [0, 0.1) is 5.82 Å². The molecule has 1 aromatic carbocycles. The van der Waals surface area contributed by atoms with Crippen LogP contribution in [0.4, 0.5) is 4.39 Å². The van der Waals surface area contributed by atoms with Crippen molar-refractivity contribution < 1.29 is 9.50 Å². The molecule has 0 fully saturated rings. The van der Waals surface area contributed by atoms with E-state index in [1.807, 2.05) is 19.9 Å². The number of nitrogens with one attached hydrogen (secondary N) is 1. The predicted octanol–water partition coefficient (Wildman–Crippen LogP) is 2.64.